The van der Waals surface area contributed by atoms with Gasteiger partial charge in [0.05, 0.1) is 50.2 Å². The van der Waals surface area contributed by atoms with E-state index in [2.05, 4.69) is 267 Å². The third kappa shape index (κ3) is 9.09. The summed E-state index contributed by atoms with van der Waals surface area (Å²) in [6, 6.07) is 85.8. The van der Waals surface area contributed by atoms with Crippen molar-refractivity contribution in [1.29, 1.82) is 0 Å². The molecule has 12 aromatic carbocycles. The number of hydrogen-bond donors (Lipinski definition) is 0. The van der Waals surface area contributed by atoms with Crippen molar-refractivity contribution < 1.29 is 21.9 Å². The van der Waals surface area contributed by atoms with Crippen LogP contribution in [0.4, 0.5) is 0 Å². The van der Waals surface area contributed by atoms with Crippen molar-refractivity contribution in [2.24, 2.45) is 0 Å². The van der Waals surface area contributed by atoms with Crippen molar-refractivity contribution in [2.75, 3.05) is 0 Å². The molecule has 0 spiro atoms. The molecule has 1 aliphatic heterocycles. The van der Waals surface area contributed by atoms with Crippen molar-refractivity contribution >= 4 is 76.6 Å². The fourth-order valence-corrected chi connectivity index (χ4v) is 16.4. The second kappa shape index (κ2) is 21.5. The fraction of sp³-hybridized carbons (Fsp3) is 0.152. The third-order valence-corrected chi connectivity index (χ3v) is 21.5. The van der Waals surface area contributed by atoms with E-state index < -0.39 is 13.7 Å². The Labute approximate surface area is 584 Å². The van der Waals surface area contributed by atoms with Crippen LogP contribution < -0.4 is 9.30 Å². The molecule has 0 saturated carbocycles. The van der Waals surface area contributed by atoms with Crippen LogP contribution in [0.1, 0.15) is 97.3 Å². The number of aromatic nitrogens is 5. The number of rotatable bonds is 7. The van der Waals surface area contributed by atoms with E-state index in [4.69, 9.17) is 14.1 Å². The van der Waals surface area contributed by atoms with Crippen LogP contribution in [0, 0.1) is 20.0 Å². The Balaban J connectivity index is 0.947. The number of furan rings is 1. The summed E-state index contributed by atoms with van der Waals surface area (Å²) in [4.78, 5) is 4.99. The molecular weight excluding hydrogens is 1210 g/mol. The number of hydrogen-bond acceptors (Lipinski definition) is 3. The van der Waals surface area contributed by atoms with Crippen molar-refractivity contribution in [3.63, 3.8) is 0 Å². The molecule has 0 bridgehead atoms. The van der Waals surface area contributed by atoms with Gasteiger partial charge in [0.25, 0.3) is 6.33 Å². The molecule has 0 N–H and O–H groups in total. The molecule has 19 rings (SSSR count). The average molecular weight is 1290 g/mol. The first-order chi connectivity index (χ1) is 50.4. The first kappa shape index (κ1) is 52.6. The van der Waals surface area contributed by atoms with Gasteiger partial charge in [0.15, 0.2) is 0 Å². The van der Waals surface area contributed by atoms with Crippen molar-refractivity contribution in [2.45, 2.75) is 91.3 Å². The summed E-state index contributed by atoms with van der Waals surface area (Å²) >= 11 is 0. The Hall–Kier alpha value is -11.5. The van der Waals surface area contributed by atoms with E-state index in [1.165, 1.54) is 16.7 Å². The molecule has 7 heteroatoms. The maximum absolute atomic E-state index is 9.24. The number of imidazole rings is 1. The highest BCUT2D eigenvalue weighted by atomic mass is 16.5. The van der Waals surface area contributed by atoms with Crippen LogP contribution in [0.3, 0.4) is 0 Å². The molecule has 0 unspecified atom stereocenters. The lowest BCUT2D eigenvalue weighted by Crippen LogP contribution is -2.34. The first-order valence-electron chi connectivity index (χ1n) is 37.3. The number of nitrogens with zero attached hydrogens (tertiary/aromatic N) is 5. The maximum atomic E-state index is 9.24. The van der Waals surface area contributed by atoms with Gasteiger partial charge in [0.2, 0.25) is 0 Å². The average Bonchev–Trinajstić information content (AvgIpc) is 1.59. The van der Waals surface area contributed by atoms with Crippen LogP contribution in [0.15, 0.2) is 259 Å². The SMILES string of the molecule is [2H]C([2H])([2H])c1cccc(C([2H])([2H])[2H])c1-c1cc2c(c(-n3c4ccccc4c4ccccc43)c1)-[n+]1[c-]n(-c3cccc(Oc4ccc5c6ccccc6n(-c6cc(C(C)(C)C)ccn6)c5c4)c3)c3cc(-c4ccc5oc6ccccc6c5c4)cc(c31)-c1ccccc1-c1cc3c(cc1-2)C(C)(C)CCC3(C)C. The summed E-state index contributed by atoms with van der Waals surface area (Å²) in [5.41, 5.74) is 20.4. The number of para-hydroxylation sites is 4. The highest BCUT2D eigenvalue weighted by molar-refractivity contribution is 6.12. The topological polar surface area (TPSA) is 53.9 Å². The highest BCUT2D eigenvalue weighted by Gasteiger charge is 2.40. The quantitative estimate of drug-likeness (QED) is 0.118. The van der Waals surface area contributed by atoms with Crippen molar-refractivity contribution in [1.82, 2.24) is 18.7 Å². The number of benzene rings is 12. The number of aryl methyl sites for hydroxylation is 2. The van der Waals surface area contributed by atoms with E-state index in [0.717, 1.165) is 151 Å². The van der Waals surface area contributed by atoms with Crippen LogP contribution in [-0.2, 0) is 16.2 Å². The molecule has 99 heavy (non-hydrogen) atoms. The van der Waals surface area contributed by atoms with Gasteiger partial charge in [-0.15, -0.1) is 0 Å². The van der Waals surface area contributed by atoms with E-state index in [0.29, 0.717) is 22.7 Å². The molecule has 0 amide bonds. The molecule has 7 nitrogen and oxygen atoms in total. The molecule has 6 heterocycles. The summed E-state index contributed by atoms with van der Waals surface area (Å²) in [5.74, 6) is 2.07. The summed E-state index contributed by atoms with van der Waals surface area (Å²) in [6.07, 6.45) is 7.97. The Kier molecular flexibility index (Phi) is 11.4. The van der Waals surface area contributed by atoms with Gasteiger partial charge in [-0.05, 0) is 229 Å². The van der Waals surface area contributed by atoms with E-state index in [1.54, 1.807) is 18.2 Å². The van der Waals surface area contributed by atoms with Gasteiger partial charge in [-0.1, -0.05) is 188 Å². The Morgan fingerprint density at radius 1 is 0.465 bits per heavy atom. The number of pyridine rings is 1. The minimum atomic E-state index is -2.71. The summed E-state index contributed by atoms with van der Waals surface area (Å²) in [7, 11) is 0. The monoisotopic (exact) mass is 1290 g/mol. The Bertz CT molecular complexity index is 6460. The van der Waals surface area contributed by atoms with Gasteiger partial charge >= 0.3 is 0 Å². The van der Waals surface area contributed by atoms with E-state index in [-0.39, 0.29) is 32.9 Å². The third-order valence-electron chi connectivity index (χ3n) is 21.5. The molecule has 0 atom stereocenters. The van der Waals surface area contributed by atoms with Gasteiger partial charge in [-0.25, -0.2) is 4.98 Å². The summed E-state index contributed by atoms with van der Waals surface area (Å²) in [5, 5.41) is 6.25. The van der Waals surface area contributed by atoms with Crippen molar-refractivity contribution in [3.05, 3.63) is 289 Å². The van der Waals surface area contributed by atoms with Gasteiger partial charge in [-0.2, -0.15) is 0 Å². The van der Waals surface area contributed by atoms with Gasteiger partial charge in [-0.3, -0.25) is 13.7 Å². The summed E-state index contributed by atoms with van der Waals surface area (Å²) in [6.45, 7) is 10.7. The Morgan fingerprint density at radius 3 is 1.76 bits per heavy atom. The lowest BCUT2D eigenvalue weighted by Gasteiger charge is -2.42. The molecule has 0 saturated heterocycles. The zero-order chi connectivity index (χ0) is 72.0. The number of ether oxygens (including phenoxy) is 1. The molecular formula is C92H73N5O2. The largest absolute Gasteiger partial charge is 0.458 e. The van der Waals surface area contributed by atoms with E-state index in [1.807, 2.05) is 42.6 Å². The fourth-order valence-electron chi connectivity index (χ4n) is 16.4. The molecule has 17 aromatic rings. The van der Waals surface area contributed by atoms with Crippen LogP contribution in [0.5, 0.6) is 11.5 Å². The Morgan fingerprint density at radius 2 is 1.06 bits per heavy atom. The van der Waals surface area contributed by atoms with Gasteiger partial charge in [0.1, 0.15) is 28.5 Å². The van der Waals surface area contributed by atoms with Gasteiger partial charge < -0.3 is 13.7 Å². The molecule has 2 aliphatic rings. The highest BCUT2D eigenvalue weighted by Crippen LogP contribution is 2.54. The summed E-state index contributed by atoms with van der Waals surface area (Å²) < 4.78 is 78.0. The molecule has 1 aliphatic carbocycles. The lowest BCUT2D eigenvalue weighted by atomic mass is 9.62. The van der Waals surface area contributed by atoms with Crippen LogP contribution >= 0.6 is 0 Å². The molecule has 478 valence electrons. The van der Waals surface area contributed by atoms with E-state index in [9.17, 15) is 8.22 Å². The second-order valence-corrected chi connectivity index (χ2v) is 29.5. The zero-order valence-corrected chi connectivity index (χ0v) is 56.2. The normalized spacial score (nSPS) is 15.1. The zero-order valence-electron chi connectivity index (χ0n) is 62.2. The molecule has 0 radical (unpaired) electrons. The number of fused-ring (bicyclic) bond motifs is 17. The standard InChI is InChI=1S/C92H73N5O2/c1-55-22-20-23-56(2)87(55)59-46-75-72-53-77-76(91(6,7)41-42-92(77,8)9)52-71(72)64-26-10-11-27-65(64)74-45-58(57-36-39-85-73(44-57)70-31-15-19-35-84(70)99-85)47-82-88(74)95(89(75)83(48-59)96-78-32-16-12-28-66(78)67-29-13-17-33-79(67)96)54-94(82)61-24-21-25-62(50-61)98-63-37-38-69-68-30-14-18-34-80(68)97(81(69)51-63)86-49-60(40-43-93-86)90(3,4)5/h10-40,43-53H,41-42H2,1-9H3/i1D3,2D3. The minimum Gasteiger partial charge on any atom is -0.458 e. The van der Waals surface area contributed by atoms with Crippen LogP contribution in [0.2, 0.25) is 0 Å². The molecule has 5 aromatic heterocycles. The predicted molar refractivity (Wildman–Crippen MR) is 408 cm³/mol. The van der Waals surface area contributed by atoms with Crippen LogP contribution in [0.25, 0.3) is 155 Å². The first-order valence-corrected chi connectivity index (χ1v) is 34.3. The van der Waals surface area contributed by atoms with E-state index >= 15 is 0 Å². The second-order valence-electron chi connectivity index (χ2n) is 29.5. The minimum absolute atomic E-state index is 0.0502. The lowest BCUT2D eigenvalue weighted by molar-refractivity contribution is -0.571. The molecule has 0 fully saturated rings. The smallest absolute Gasteiger partial charge is 0.269 e. The predicted octanol–water partition coefficient (Wildman–Crippen LogP) is 23.9. The van der Waals surface area contributed by atoms with Gasteiger partial charge in [0, 0.05) is 52.8 Å². The van der Waals surface area contributed by atoms with Crippen LogP contribution in [-0.4, -0.2) is 18.7 Å². The van der Waals surface area contributed by atoms with Crippen molar-refractivity contribution in [3.8, 4) is 90.0 Å². The maximum Gasteiger partial charge on any atom is 0.269 e.